The van der Waals surface area contributed by atoms with E-state index in [9.17, 15) is 8.42 Å². The molecule has 1 unspecified atom stereocenters. The zero-order valence-corrected chi connectivity index (χ0v) is 13.5. The Kier molecular flexibility index (Phi) is 7.19. The van der Waals surface area contributed by atoms with Crippen LogP contribution in [0.4, 0.5) is 0 Å². The van der Waals surface area contributed by atoms with E-state index in [1.807, 2.05) is 0 Å². The van der Waals surface area contributed by atoms with Crippen molar-refractivity contribution in [1.82, 2.24) is 10.0 Å². The van der Waals surface area contributed by atoms with E-state index in [2.05, 4.69) is 48.2 Å². The lowest BCUT2D eigenvalue weighted by Gasteiger charge is -2.18. The number of aryl methyl sites for hydroxylation is 1. The lowest BCUT2D eigenvalue weighted by atomic mass is 10.0. The Morgan fingerprint density at radius 3 is 2.25 bits per heavy atom. The lowest BCUT2D eigenvalue weighted by molar-refractivity contribution is 0.507. The van der Waals surface area contributed by atoms with E-state index in [1.165, 1.54) is 17.4 Å². The minimum absolute atomic E-state index is 0.333. The molecule has 114 valence electrons. The first kappa shape index (κ1) is 17.1. The molecular weight excluding hydrogens is 272 g/mol. The van der Waals surface area contributed by atoms with Crippen molar-refractivity contribution in [1.29, 1.82) is 0 Å². The fraction of sp³-hybridized carbons (Fsp3) is 0.600. The maximum Gasteiger partial charge on any atom is 0.208 e. The van der Waals surface area contributed by atoms with E-state index in [0.717, 1.165) is 25.8 Å². The summed E-state index contributed by atoms with van der Waals surface area (Å²) < 4.78 is 24.4. The van der Waals surface area contributed by atoms with E-state index in [4.69, 9.17) is 0 Å². The largest absolute Gasteiger partial charge is 0.310 e. The molecule has 0 saturated heterocycles. The highest BCUT2D eigenvalue weighted by molar-refractivity contribution is 7.88. The van der Waals surface area contributed by atoms with Crippen LogP contribution in [-0.2, 0) is 16.4 Å². The molecule has 1 rings (SSSR count). The van der Waals surface area contributed by atoms with E-state index in [1.54, 1.807) is 0 Å². The summed E-state index contributed by atoms with van der Waals surface area (Å²) in [6.07, 6.45) is 4.05. The number of sulfonamides is 1. The molecule has 0 amide bonds. The normalized spacial score (nSPS) is 13.3. The predicted molar refractivity (Wildman–Crippen MR) is 84.3 cm³/mol. The average Bonchev–Trinajstić information content (AvgIpc) is 2.42. The Morgan fingerprint density at radius 2 is 1.75 bits per heavy atom. The van der Waals surface area contributed by atoms with Crippen LogP contribution in [0, 0.1) is 0 Å². The molecule has 1 aromatic carbocycles. The standard InChI is InChI=1S/C15H26N2O2S/c1-4-13-7-9-14(10-8-13)15(5-2)16-11-6-12-17-20(3,18)19/h7-10,15-17H,4-6,11-12H2,1-3H3. The molecule has 2 N–H and O–H groups in total. The SMILES string of the molecule is CCc1ccc(C(CC)NCCCNS(C)(=O)=O)cc1. The number of hydrogen-bond donors (Lipinski definition) is 2. The van der Waals surface area contributed by atoms with Crippen LogP contribution in [0.15, 0.2) is 24.3 Å². The Hall–Kier alpha value is -0.910. The maximum absolute atomic E-state index is 10.9. The summed E-state index contributed by atoms with van der Waals surface area (Å²) in [4.78, 5) is 0. The van der Waals surface area contributed by atoms with Gasteiger partial charge in [-0.3, -0.25) is 0 Å². The number of nitrogens with one attached hydrogen (secondary N) is 2. The first-order chi connectivity index (χ1) is 9.46. The Labute approximate surface area is 123 Å². The quantitative estimate of drug-likeness (QED) is 0.687. The van der Waals surface area contributed by atoms with Gasteiger partial charge in [-0.25, -0.2) is 13.1 Å². The molecule has 1 atom stereocenters. The molecule has 0 aromatic heterocycles. The minimum atomic E-state index is -3.07. The molecule has 0 fully saturated rings. The summed E-state index contributed by atoms with van der Waals surface area (Å²) in [7, 11) is -3.07. The lowest BCUT2D eigenvalue weighted by Crippen LogP contribution is -2.28. The number of hydrogen-bond acceptors (Lipinski definition) is 3. The van der Waals surface area contributed by atoms with Crippen LogP contribution in [0.2, 0.25) is 0 Å². The van der Waals surface area contributed by atoms with Crippen molar-refractivity contribution in [2.75, 3.05) is 19.3 Å². The molecule has 0 heterocycles. The molecular formula is C15H26N2O2S. The van der Waals surface area contributed by atoms with Gasteiger partial charge in [-0.1, -0.05) is 38.1 Å². The third-order valence-electron chi connectivity index (χ3n) is 3.31. The summed E-state index contributed by atoms with van der Waals surface area (Å²) >= 11 is 0. The molecule has 4 nitrogen and oxygen atoms in total. The second-order valence-corrected chi connectivity index (χ2v) is 6.86. The fourth-order valence-electron chi connectivity index (χ4n) is 2.11. The molecule has 0 aliphatic heterocycles. The Morgan fingerprint density at radius 1 is 1.10 bits per heavy atom. The van der Waals surface area contributed by atoms with Crippen LogP contribution < -0.4 is 10.0 Å². The maximum atomic E-state index is 10.9. The zero-order chi connectivity index (χ0) is 15.0. The van der Waals surface area contributed by atoms with Crippen LogP contribution in [-0.4, -0.2) is 27.8 Å². The van der Waals surface area contributed by atoms with E-state index in [0.29, 0.717) is 12.6 Å². The van der Waals surface area contributed by atoms with Crippen LogP contribution in [0.25, 0.3) is 0 Å². The Balaban J connectivity index is 2.39. The molecule has 5 heteroatoms. The first-order valence-corrected chi connectivity index (χ1v) is 9.12. The molecule has 0 bridgehead atoms. The molecule has 0 saturated carbocycles. The highest BCUT2D eigenvalue weighted by Crippen LogP contribution is 2.17. The van der Waals surface area contributed by atoms with E-state index < -0.39 is 10.0 Å². The fourth-order valence-corrected chi connectivity index (χ4v) is 2.62. The van der Waals surface area contributed by atoms with Crippen LogP contribution in [0.1, 0.15) is 43.9 Å². The van der Waals surface area contributed by atoms with Gasteiger partial charge < -0.3 is 5.32 Å². The van der Waals surface area contributed by atoms with Gasteiger partial charge in [0.2, 0.25) is 10.0 Å². The van der Waals surface area contributed by atoms with Gasteiger partial charge in [0, 0.05) is 12.6 Å². The molecule has 1 aromatic rings. The van der Waals surface area contributed by atoms with Crippen molar-refractivity contribution in [2.45, 2.75) is 39.2 Å². The van der Waals surface area contributed by atoms with Crippen molar-refractivity contribution in [3.05, 3.63) is 35.4 Å². The minimum Gasteiger partial charge on any atom is -0.310 e. The summed E-state index contributed by atoms with van der Waals surface area (Å²) in [5.41, 5.74) is 2.64. The summed E-state index contributed by atoms with van der Waals surface area (Å²) in [6, 6.07) is 9.03. The average molecular weight is 298 g/mol. The van der Waals surface area contributed by atoms with Gasteiger partial charge in [-0.2, -0.15) is 0 Å². The molecule has 20 heavy (non-hydrogen) atoms. The number of rotatable bonds is 9. The summed E-state index contributed by atoms with van der Waals surface area (Å²) in [5.74, 6) is 0. The highest BCUT2D eigenvalue weighted by Gasteiger charge is 2.08. The van der Waals surface area contributed by atoms with Gasteiger partial charge in [0.05, 0.1) is 6.26 Å². The zero-order valence-electron chi connectivity index (χ0n) is 12.6. The molecule has 0 aliphatic rings. The van der Waals surface area contributed by atoms with Crippen LogP contribution in [0.5, 0.6) is 0 Å². The molecule has 0 spiro atoms. The third-order valence-corrected chi connectivity index (χ3v) is 4.04. The third kappa shape index (κ3) is 6.50. The second kappa shape index (κ2) is 8.39. The van der Waals surface area contributed by atoms with Crippen molar-refractivity contribution in [3.63, 3.8) is 0 Å². The Bertz CT molecular complexity index is 483. The second-order valence-electron chi connectivity index (χ2n) is 5.03. The smallest absolute Gasteiger partial charge is 0.208 e. The highest BCUT2D eigenvalue weighted by atomic mass is 32.2. The van der Waals surface area contributed by atoms with Crippen molar-refractivity contribution in [2.24, 2.45) is 0 Å². The van der Waals surface area contributed by atoms with Crippen LogP contribution in [0.3, 0.4) is 0 Å². The van der Waals surface area contributed by atoms with Crippen molar-refractivity contribution >= 4 is 10.0 Å². The summed E-state index contributed by atoms with van der Waals surface area (Å²) in [5, 5.41) is 3.47. The van der Waals surface area contributed by atoms with Gasteiger partial charge in [0.15, 0.2) is 0 Å². The van der Waals surface area contributed by atoms with E-state index >= 15 is 0 Å². The van der Waals surface area contributed by atoms with E-state index in [-0.39, 0.29) is 0 Å². The van der Waals surface area contributed by atoms with Gasteiger partial charge in [-0.05, 0) is 36.9 Å². The van der Waals surface area contributed by atoms with Gasteiger partial charge >= 0.3 is 0 Å². The molecule has 0 aliphatic carbocycles. The predicted octanol–water partition coefficient (Wildman–Crippen LogP) is 2.23. The van der Waals surface area contributed by atoms with Crippen molar-refractivity contribution < 1.29 is 8.42 Å². The van der Waals surface area contributed by atoms with Crippen molar-refractivity contribution in [3.8, 4) is 0 Å². The van der Waals surface area contributed by atoms with Gasteiger partial charge in [0.25, 0.3) is 0 Å². The van der Waals surface area contributed by atoms with Crippen LogP contribution >= 0.6 is 0 Å². The van der Waals surface area contributed by atoms with Gasteiger partial charge in [0.1, 0.15) is 0 Å². The summed E-state index contributed by atoms with van der Waals surface area (Å²) in [6.45, 7) is 5.59. The first-order valence-electron chi connectivity index (χ1n) is 7.23. The molecule has 0 radical (unpaired) electrons. The monoisotopic (exact) mass is 298 g/mol. The topological polar surface area (TPSA) is 58.2 Å². The number of benzene rings is 1. The van der Waals surface area contributed by atoms with Gasteiger partial charge in [-0.15, -0.1) is 0 Å².